The zero-order chi connectivity index (χ0) is 24.1. The summed E-state index contributed by atoms with van der Waals surface area (Å²) in [6.07, 6.45) is 1.69. The van der Waals surface area contributed by atoms with Gasteiger partial charge in [0.2, 0.25) is 5.90 Å². The molecule has 1 aliphatic heterocycles. The maximum absolute atomic E-state index is 12.5. The largest absolute Gasteiger partial charge is 0.490 e. The van der Waals surface area contributed by atoms with Crippen molar-refractivity contribution in [3.63, 3.8) is 0 Å². The molecule has 3 aromatic carbocycles. The summed E-state index contributed by atoms with van der Waals surface area (Å²) in [5.41, 5.74) is 3.93. The van der Waals surface area contributed by atoms with Crippen LogP contribution < -0.4 is 9.47 Å². The second-order valence-electron chi connectivity index (χ2n) is 8.25. The van der Waals surface area contributed by atoms with E-state index in [1.54, 1.807) is 6.08 Å². The van der Waals surface area contributed by atoms with E-state index in [0.717, 1.165) is 26.7 Å². The number of carbonyl (C=O) groups excluding carboxylic acids is 1. The van der Waals surface area contributed by atoms with Crippen LogP contribution in [0.1, 0.15) is 31.9 Å². The maximum Gasteiger partial charge on any atom is 0.363 e. The molecule has 0 saturated heterocycles. The maximum atomic E-state index is 12.5. The first-order valence-electron chi connectivity index (χ1n) is 11.2. The molecule has 0 unspecified atom stereocenters. The minimum atomic E-state index is -0.489. The molecule has 0 saturated carbocycles. The lowest BCUT2D eigenvalue weighted by Gasteiger charge is -2.16. The second kappa shape index (κ2) is 10.7. The van der Waals surface area contributed by atoms with Gasteiger partial charge in [-0.1, -0.05) is 56.3 Å². The average Bonchev–Trinajstić information content (AvgIpc) is 3.19. The molecule has 34 heavy (non-hydrogen) atoms. The molecule has 174 valence electrons. The Morgan fingerprint density at radius 2 is 1.65 bits per heavy atom. The van der Waals surface area contributed by atoms with Gasteiger partial charge in [0.15, 0.2) is 17.2 Å². The standard InChI is InChI=1S/C28H26BrNO4/c1-4-32-25-16-19(14-23(29)26(25)33-17-18(2)3)15-24-28(31)34-27(30-24)22-12-10-21(11-13-22)20-8-6-5-7-9-20/h5-16,18H,4,17H2,1-3H3/b24-15-. The number of ether oxygens (including phenoxy) is 3. The van der Waals surface area contributed by atoms with Crippen LogP contribution in [-0.2, 0) is 9.53 Å². The summed E-state index contributed by atoms with van der Waals surface area (Å²) in [5, 5.41) is 0. The lowest BCUT2D eigenvalue weighted by Crippen LogP contribution is -2.07. The topological polar surface area (TPSA) is 57.1 Å². The predicted octanol–water partition coefficient (Wildman–Crippen LogP) is 6.89. The van der Waals surface area contributed by atoms with Crippen LogP contribution >= 0.6 is 15.9 Å². The third-order valence-electron chi connectivity index (χ3n) is 5.06. The summed E-state index contributed by atoms with van der Waals surface area (Å²) in [6.45, 7) is 7.16. The average molecular weight is 520 g/mol. The molecular formula is C28H26BrNO4. The molecule has 1 aliphatic rings. The van der Waals surface area contributed by atoms with Gasteiger partial charge in [0.1, 0.15) is 0 Å². The number of hydrogen-bond acceptors (Lipinski definition) is 5. The molecule has 0 fully saturated rings. The van der Waals surface area contributed by atoms with E-state index in [1.165, 1.54) is 0 Å². The number of hydrogen-bond donors (Lipinski definition) is 0. The molecule has 0 aromatic heterocycles. The van der Waals surface area contributed by atoms with Crippen molar-refractivity contribution in [2.45, 2.75) is 20.8 Å². The van der Waals surface area contributed by atoms with Gasteiger partial charge in [0, 0.05) is 5.56 Å². The van der Waals surface area contributed by atoms with Crippen molar-refractivity contribution in [2.75, 3.05) is 13.2 Å². The van der Waals surface area contributed by atoms with Crippen LogP contribution in [0, 0.1) is 5.92 Å². The summed E-state index contributed by atoms with van der Waals surface area (Å²) in [4.78, 5) is 17.0. The van der Waals surface area contributed by atoms with E-state index >= 15 is 0 Å². The van der Waals surface area contributed by atoms with Crippen LogP contribution in [0.25, 0.3) is 17.2 Å². The van der Waals surface area contributed by atoms with Crippen LogP contribution in [0.4, 0.5) is 0 Å². The number of rotatable bonds is 8. The number of carbonyl (C=O) groups is 1. The van der Waals surface area contributed by atoms with Crippen molar-refractivity contribution < 1.29 is 19.0 Å². The number of nitrogens with zero attached hydrogens (tertiary/aromatic N) is 1. The van der Waals surface area contributed by atoms with Crippen LogP contribution in [0.5, 0.6) is 11.5 Å². The normalized spacial score (nSPS) is 14.3. The van der Waals surface area contributed by atoms with E-state index in [0.29, 0.717) is 30.6 Å². The molecular weight excluding hydrogens is 494 g/mol. The first-order chi connectivity index (χ1) is 16.4. The quantitative estimate of drug-likeness (QED) is 0.240. The fraction of sp³-hybridized carbons (Fsp3) is 0.214. The van der Waals surface area contributed by atoms with Crippen molar-refractivity contribution in [1.82, 2.24) is 0 Å². The first-order valence-corrected chi connectivity index (χ1v) is 12.0. The zero-order valence-corrected chi connectivity index (χ0v) is 21.0. The third-order valence-corrected chi connectivity index (χ3v) is 5.64. The van der Waals surface area contributed by atoms with Gasteiger partial charge in [-0.25, -0.2) is 9.79 Å². The minimum Gasteiger partial charge on any atom is -0.490 e. The fourth-order valence-electron chi connectivity index (χ4n) is 3.45. The Balaban J connectivity index is 1.59. The van der Waals surface area contributed by atoms with Crippen molar-refractivity contribution in [3.8, 4) is 22.6 Å². The van der Waals surface area contributed by atoms with Gasteiger partial charge in [-0.2, -0.15) is 0 Å². The second-order valence-corrected chi connectivity index (χ2v) is 9.10. The number of cyclic esters (lactones) is 1. The van der Waals surface area contributed by atoms with E-state index in [1.807, 2.05) is 61.5 Å². The third kappa shape index (κ3) is 5.57. The van der Waals surface area contributed by atoms with Crippen molar-refractivity contribution in [3.05, 3.63) is 88.0 Å². The molecule has 6 heteroatoms. The first kappa shape index (κ1) is 23.8. The summed E-state index contributed by atoms with van der Waals surface area (Å²) < 4.78 is 17.9. The highest BCUT2D eigenvalue weighted by Gasteiger charge is 2.24. The summed E-state index contributed by atoms with van der Waals surface area (Å²) in [7, 11) is 0. The van der Waals surface area contributed by atoms with E-state index < -0.39 is 5.97 Å². The van der Waals surface area contributed by atoms with Gasteiger partial charge in [0.05, 0.1) is 17.7 Å². The van der Waals surface area contributed by atoms with Gasteiger partial charge >= 0.3 is 5.97 Å². The van der Waals surface area contributed by atoms with E-state index in [4.69, 9.17) is 14.2 Å². The van der Waals surface area contributed by atoms with Crippen LogP contribution in [0.2, 0.25) is 0 Å². The van der Waals surface area contributed by atoms with Crippen LogP contribution in [0.3, 0.4) is 0 Å². The number of esters is 1. The molecule has 4 rings (SSSR count). The Bertz CT molecular complexity index is 1230. The Labute approximate surface area is 208 Å². The van der Waals surface area contributed by atoms with Gasteiger partial charge in [-0.15, -0.1) is 0 Å². The summed E-state index contributed by atoms with van der Waals surface area (Å²) >= 11 is 3.57. The van der Waals surface area contributed by atoms with Crippen LogP contribution in [-0.4, -0.2) is 25.1 Å². The molecule has 0 radical (unpaired) electrons. The predicted molar refractivity (Wildman–Crippen MR) is 138 cm³/mol. The Morgan fingerprint density at radius 3 is 2.32 bits per heavy atom. The van der Waals surface area contributed by atoms with Gasteiger partial charge < -0.3 is 14.2 Å². The highest BCUT2D eigenvalue weighted by atomic mass is 79.9. The highest BCUT2D eigenvalue weighted by Crippen LogP contribution is 2.38. The van der Waals surface area contributed by atoms with E-state index in [2.05, 4.69) is 46.9 Å². The van der Waals surface area contributed by atoms with Crippen molar-refractivity contribution in [1.29, 1.82) is 0 Å². The molecule has 1 heterocycles. The number of benzene rings is 3. The Hall–Kier alpha value is -3.38. The van der Waals surface area contributed by atoms with Crippen molar-refractivity contribution in [2.24, 2.45) is 10.9 Å². The van der Waals surface area contributed by atoms with Gasteiger partial charge in [-0.05, 0) is 75.8 Å². The molecule has 0 N–H and O–H groups in total. The monoisotopic (exact) mass is 519 g/mol. The number of halogens is 1. The van der Waals surface area contributed by atoms with E-state index in [-0.39, 0.29) is 11.6 Å². The summed E-state index contributed by atoms with van der Waals surface area (Å²) in [6, 6.07) is 21.6. The molecule has 0 amide bonds. The lowest BCUT2D eigenvalue weighted by molar-refractivity contribution is -0.129. The molecule has 0 atom stereocenters. The minimum absolute atomic E-state index is 0.229. The Kier molecular flexibility index (Phi) is 7.48. The molecule has 0 bridgehead atoms. The van der Waals surface area contributed by atoms with Crippen LogP contribution in [0.15, 0.2) is 81.9 Å². The SMILES string of the molecule is CCOc1cc(/C=C2\N=C(c3ccc(-c4ccccc4)cc3)OC2=O)cc(Br)c1OCC(C)C. The highest BCUT2D eigenvalue weighted by molar-refractivity contribution is 9.10. The smallest absolute Gasteiger partial charge is 0.363 e. The van der Waals surface area contributed by atoms with E-state index in [9.17, 15) is 4.79 Å². The molecule has 0 spiro atoms. The molecule has 3 aromatic rings. The Morgan fingerprint density at radius 1 is 0.971 bits per heavy atom. The van der Waals surface area contributed by atoms with Crippen molar-refractivity contribution >= 4 is 33.9 Å². The fourth-order valence-corrected chi connectivity index (χ4v) is 4.02. The molecule has 0 aliphatic carbocycles. The number of aliphatic imine (C=N–C) groups is 1. The van der Waals surface area contributed by atoms with Gasteiger partial charge in [0.25, 0.3) is 0 Å². The molecule has 5 nitrogen and oxygen atoms in total. The van der Waals surface area contributed by atoms with Gasteiger partial charge in [-0.3, -0.25) is 0 Å². The summed E-state index contributed by atoms with van der Waals surface area (Å²) in [5.74, 6) is 1.44. The lowest BCUT2D eigenvalue weighted by atomic mass is 10.0. The zero-order valence-electron chi connectivity index (χ0n) is 19.4.